The molecule has 0 spiro atoms. The highest BCUT2D eigenvalue weighted by molar-refractivity contribution is 5.80. The maximum absolute atomic E-state index is 11.7. The van der Waals surface area contributed by atoms with Crippen molar-refractivity contribution in [3.05, 3.63) is 52.1 Å². The van der Waals surface area contributed by atoms with E-state index in [0.29, 0.717) is 12.0 Å². The Morgan fingerprint density at radius 1 is 1.50 bits per heavy atom. The summed E-state index contributed by atoms with van der Waals surface area (Å²) in [6.07, 6.45) is 0.331. The SMILES string of the molecule is C=C(C)C[C@H](C(=O)OC)c1ccccc1[N+](=O)[O-]. The summed E-state index contributed by atoms with van der Waals surface area (Å²) in [6, 6.07) is 6.18. The summed E-state index contributed by atoms with van der Waals surface area (Å²) in [5.74, 6) is -1.18. The van der Waals surface area contributed by atoms with Crippen LogP contribution >= 0.6 is 0 Å². The lowest BCUT2D eigenvalue weighted by Crippen LogP contribution is -2.16. The van der Waals surface area contributed by atoms with Gasteiger partial charge in [-0.2, -0.15) is 0 Å². The van der Waals surface area contributed by atoms with Crippen molar-refractivity contribution in [1.82, 2.24) is 0 Å². The molecule has 0 aliphatic carbocycles. The first-order valence-corrected chi connectivity index (χ1v) is 5.43. The molecular weight excluding hydrogens is 234 g/mol. The lowest BCUT2D eigenvalue weighted by Gasteiger charge is -2.14. The number of hydrogen-bond acceptors (Lipinski definition) is 4. The van der Waals surface area contributed by atoms with Crippen LogP contribution in [0.1, 0.15) is 24.8 Å². The second-order valence-corrected chi connectivity index (χ2v) is 4.05. The molecule has 1 aromatic carbocycles. The Morgan fingerprint density at radius 3 is 2.61 bits per heavy atom. The Bertz CT molecular complexity index is 482. The van der Waals surface area contributed by atoms with Gasteiger partial charge in [0.1, 0.15) is 0 Å². The third-order valence-corrected chi connectivity index (χ3v) is 2.55. The van der Waals surface area contributed by atoms with Crippen molar-refractivity contribution in [3.63, 3.8) is 0 Å². The van der Waals surface area contributed by atoms with Gasteiger partial charge in [-0.15, -0.1) is 6.58 Å². The Balaban J connectivity index is 3.24. The average molecular weight is 249 g/mol. The number of hydrogen-bond donors (Lipinski definition) is 0. The molecule has 96 valence electrons. The number of nitro groups is 1. The molecule has 5 heteroatoms. The zero-order chi connectivity index (χ0) is 13.7. The number of allylic oxidation sites excluding steroid dienone is 1. The fourth-order valence-corrected chi connectivity index (χ4v) is 1.76. The van der Waals surface area contributed by atoms with E-state index in [1.807, 2.05) is 0 Å². The maximum atomic E-state index is 11.7. The number of benzene rings is 1. The van der Waals surface area contributed by atoms with Gasteiger partial charge in [0.25, 0.3) is 5.69 Å². The Kier molecular flexibility index (Phi) is 4.59. The van der Waals surface area contributed by atoms with Crippen molar-refractivity contribution >= 4 is 11.7 Å². The topological polar surface area (TPSA) is 69.4 Å². The van der Waals surface area contributed by atoms with E-state index in [1.54, 1.807) is 25.1 Å². The molecule has 0 aromatic heterocycles. The summed E-state index contributed by atoms with van der Waals surface area (Å²) < 4.78 is 4.70. The van der Waals surface area contributed by atoms with E-state index in [2.05, 4.69) is 6.58 Å². The normalized spacial score (nSPS) is 11.7. The molecule has 0 saturated heterocycles. The lowest BCUT2D eigenvalue weighted by molar-refractivity contribution is -0.385. The standard InChI is InChI=1S/C13H15NO4/c1-9(2)8-11(13(15)18-3)10-6-4-5-7-12(10)14(16)17/h4-7,11H,1,8H2,2-3H3/t11-/m0/s1. The van der Waals surface area contributed by atoms with Crippen LogP contribution in [0.15, 0.2) is 36.4 Å². The molecule has 5 nitrogen and oxygen atoms in total. The van der Waals surface area contributed by atoms with Crippen LogP contribution in [0.2, 0.25) is 0 Å². The molecule has 0 fully saturated rings. The summed E-state index contributed by atoms with van der Waals surface area (Å²) in [6.45, 7) is 5.50. The van der Waals surface area contributed by atoms with Gasteiger partial charge in [0.05, 0.1) is 18.0 Å². The van der Waals surface area contributed by atoms with Crippen molar-refractivity contribution in [2.45, 2.75) is 19.3 Å². The molecule has 0 N–H and O–H groups in total. The minimum atomic E-state index is -0.686. The fourth-order valence-electron chi connectivity index (χ4n) is 1.76. The van der Waals surface area contributed by atoms with Gasteiger partial charge < -0.3 is 4.74 Å². The number of ether oxygens (including phenoxy) is 1. The third-order valence-electron chi connectivity index (χ3n) is 2.55. The molecule has 0 heterocycles. The first-order valence-electron chi connectivity index (χ1n) is 5.43. The fraction of sp³-hybridized carbons (Fsp3) is 0.308. The summed E-state index contributed by atoms with van der Waals surface area (Å²) >= 11 is 0. The minimum absolute atomic E-state index is 0.0749. The summed E-state index contributed by atoms with van der Waals surface area (Å²) in [5, 5.41) is 11.0. The van der Waals surface area contributed by atoms with Crippen LogP contribution in [0.3, 0.4) is 0 Å². The van der Waals surface area contributed by atoms with Crippen molar-refractivity contribution in [3.8, 4) is 0 Å². The first-order chi connectivity index (χ1) is 8.47. The molecule has 0 unspecified atom stereocenters. The van der Waals surface area contributed by atoms with E-state index < -0.39 is 16.8 Å². The lowest BCUT2D eigenvalue weighted by atomic mass is 9.91. The van der Waals surface area contributed by atoms with Gasteiger partial charge in [0.15, 0.2) is 0 Å². The van der Waals surface area contributed by atoms with Gasteiger partial charge in [0, 0.05) is 11.6 Å². The zero-order valence-corrected chi connectivity index (χ0v) is 10.4. The van der Waals surface area contributed by atoms with Crippen molar-refractivity contribution in [2.24, 2.45) is 0 Å². The van der Waals surface area contributed by atoms with Crippen molar-refractivity contribution < 1.29 is 14.5 Å². The smallest absolute Gasteiger partial charge is 0.313 e. The highest BCUT2D eigenvalue weighted by atomic mass is 16.6. The molecule has 1 aromatic rings. The molecule has 0 amide bonds. The quantitative estimate of drug-likeness (QED) is 0.348. The number of nitro benzene ring substituents is 1. The highest BCUT2D eigenvalue weighted by Gasteiger charge is 2.28. The van der Waals surface area contributed by atoms with E-state index in [1.165, 1.54) is 13.2 Å². The average Bonchev–Trinajstić information content (AvgIpc) is 2.34. The molecule has 1 rings (SSSR count). The second-order valence-electron chi connectivity index (χ2n) is 4.05. The van der Waals surface area contributed by atoms with E-state index in [9.17, 15) is 14.9 Å². The number of nitrogens with zero attached hydrogens (tertiary/aromatic N) is 1. The van der Waals surface area contributed by atoms with E-state index >= 15 is 0 Å². The Morgan fingerprint density at radius 2 is 2.11 bits per heavy atom. The highest BCUT2D eigenvalue weighted by Crippen LogP contribution is 2.31. The van der Waals surface area contributed by atoms with Crippen LogP contribution in [-0.2, 0) is 9.53 Å². The molecule has 0 saturated carbocycles. The molecule has 1 atom stereocenters. The Hall–Kier alpha value is -2.17. The summed E-state index contributed by atoms with van der Waals surface area (Å²) in [5.41, 5.74) is 1.05. The largest absolute Gasteiger partial charge is 0.469 e. The summed E-state index contributed by atoms with van der Waals surface area (Å²) in [4.78, 5) is 22.2. The van der Waals surface area contributed by atoms with Crippen molar-refractivity contribution in [1.29, 1.82) is 0 Å². The monoisotopic (exact) mass is 249 g/mol. The van der Waals surface area contributed by atoms with E-state index in [-0.39, 0.29) is 5.69 Å². The van der Waals surface area contributed by atoms with Gasteiger partial charge in [-0.1, -0.05) is 23.8 Å². The molecule has 18 heavy (non-hydrogen) atoms. The molecule has 0 aliphatic rings. The zero-order valence-electron chi connectivity index (χ0n) is 10.4. The van der Waals surface area contributed by atoms with Crippen LogP contribution in [-0.4, -0.2) is 18.0 Å². The number of rotatable bonds is 5. The number of methoxy groups -OCH3 is 1. The number of para-hydroxylation sites is 1. The van der Waals surface area contributed by atoms with E-state index in [0.717, 1.165) is 5.57 Å². The van der Waals surface area contributed by atoms with Crippen molar-refractivity contribution in [2.75, 3.05) is 7.11 Å². The van der Waals surface area contributed by atoms with Gasteiger partial charge in [0.2, 0.25) is 0 Å². The molecular formula is C13H15NO4. The number of carbonyl (C=O) groups excluding carboxylic acids is 1. The molecule has 0 radical (unpaired) electrons. The molecule has 0 aliphatic heterocycles. The maximum Gasteiger partial charge on any atom is 0.313 e. The van der Waals surface area contributed by atoms with Crippen LogP contribution in [0, 0.1) is 10.1 Å². The second kappa shape index (κ2) is 5.95. The number of esters is 1. The Labute approximate surface area is 105 Å². The van der Waals surface area contributed by atoms with E-state index in [4.69, 9.17) is 4.74 Å². The van der Waals surface area contributed by atoms with Gasteiger partial charge in [-0.3, -0.25) is 14.9 Å². The first kappa shape index (κ1) is 13.9. The van der Waals surface area contributed by atoms with Crippen LogP contribution < -0.4 is 0 Å². The van der Waals surface area contributed by atoms with Crippen LogP contribution in [0.5, 0.6) is 0 Å². The summed E-state index contributed by atoms with van der Waals surface area (Å²) in [7, 11) is 1.27. The van der Waals surface area contributed by atoms with Gasteiger partial charge in [-0.25, -0.2) is 0 Å². The van der Waals surface area contributed by atoms with Gasteiger partial charge in [-0.05, 0) is 13.3 Å². The van der Waals surface area contributed by atoms with Crippen LogP contribution in [0.25, 0.3) is 0 Å². The minimum Gasteiger partial charge on any atom is -0.469 e. The van der Waals surface area contributed by atoms with Crippen LogP contribution in [0.4, 0.5) is 5.69 Å². The molecule has 0 bridgehead atoms. The number of carbonyl (C=O) groups is 1. The van der Waals surface area contributed by atoms with Gasteiger partial charge >= 0.3 is 5.97 Å². The third kappa shape index (κ3) is 3.16. The predicted molar refractivity (Wildman–Crippen MR) is 67.3 cm³/mol. The predicted octanol–water partition coefficient (Wildman–Crippen LogP) is 2.82.